The summed E-state index contributed by atoms with van der Waals surface area (Å²) in [6, 6.07) is 4.71. The van der Waals surface area contributed by atoms with Crippen LogP contribution in [0.25, 0.3) is 6.08 Å². The van der Waals surface area contributed by atoms with E-state index in [1.165, 1.54) is 19.3 Å². The highest BCUT2D eigenvalue weighted by Gasteiger charge is 2.08. The maximum absolute atomic E-state index is 11.9. The molecule has 21 heavy (non-hydrogen) atoms. The van der Waals surface area contributed by atoms with Crippen molar-refractivity contribution in [3.8, 4) is 11.5 Å². The normalized spacial score (nSPS) is 10.6. The maximum Gasteiger partial charge on any atom is 0.252 e. The minimum atomic E-state index is -0.394. The summed E-state index contributed by atoms with van der Waals surface area (Å²) in [6.07, 6.45) is 4.82. The first-order valence-corrected chi connectivity index (χ1v) is 6.63. The van der Waals surface area contributed by atoms with E-state index in [1.54, 1.807) is 18.2 Å². The first kappa shape index (κ1) is 16.7. The number of hydrogen-bond acceptors (Lipinski definition) is 5. The summed E-state index contributed by atoms with van der Waals surface area (Å²) in [5.74, 6) is -0.0499. The lowest BCUT2D eigenvalue weighted by Crippen LogP contribution is -2.29. The standard InChI is InChI=1S/C15H20N2O4/c1-21-14-10-12(4-6-13(14)19)5-7-15(20)17(11-18)9-3-2-8-16/h4-7,10-11,19H,2-3,8-9,16H2,1H3/b7-5+. The van der Waals surface area contributed by atoms with Gasteiger partial charge in [-0.1, -0.05) is 6.07 Å². The van der Waals surface area contributed by atoms with Crippen LogP contribution in [0.4, 0.5) is 0 Å². The van der Waals surface area contributed by atoms with Crippen molar-refractivity contribution < 1.29 is 19.4 Å². The number of benzene rings is 1. The predicted octanol–water partition coefficient (Wildman–Crippen LogP) is 1.14. The highest BCUT2D eigenvalue weighted by atomic mass is 16.5. The Labute approximate surface area is 123 Å². The van der Waals surface area contributed by atoms with Gasteiger partial charge < -0.3 is 15.6 Å². The van der Waals surface area contributed by atoms with Crippen LogP contribution in [0.1, 0.15) is 18.4 Å². The molecular weight excluding hydrogens is 272 g/mol. The van der Waals surface area contributed by atoms with Gasteiger partial charge in [-0.05, 0) is 43.2 Å². The number of carbonyl (C=O) groups is 2. The average Bonchev–Trinajstić information content (AvgIpc) is 2.50. The van der Waals surface area contributed by atoms with Gasteiger partial charge in [0, 0.05) is 12.6 Å². The molecule has 0 aliphatic rings. The lowest BCUT2D eigenvalue weighted by molar-refractivity contribution is -0.134. The number of phenols is 1. The Morgan fingerprint density at radius 2 is 2.19 bits per heavy atom. The van der Waals surface area contributed by atoms with Crippen molar-refractivity contribution in [1.82, 2.24) is 4.90 Å². The summed E-state index contributed by atoms with van der Waals surface area (Å²) < 4.78 is 4.98. The van der Waals surface area contributed by atoms with Crippen molar-refractivity contribution in [2.24, 2.45) is 5.73 Å². The Kier molecular flexibility index (Phi) is 6.97. The molecule has 0 bridgehead atoms. The van der Waals surface area contributed by atoms with Crippen LogP contribution in [0.15, 0.2) is 24.3 Å². The van der Waals surface area contributed by atoms with Crippen LogP contribution >= 0.6 is 0 Å². The number of carbonyl (C=O) groups excluding carboxylic acids is 2. The van der Waals surface area contributed by atoms with Gasteiger partial charge in [0.05, 0.1) is 7.11 Å². The molecule has 3 N–H and O–H groups in total. The Morgan fingerprint density at radius 1 is 1.43 bits per heavy atom. The van der Waals surface area contributed by atoms with Crippen molar-refractivity contribution >= 4 is 18.4 Å². The highest BCUT2D eigenvalue weighted by molar-refractivity contribution is 5.97. The topological polar surface area (TPSA) is 92.9 Å². The van der Waals surface area contributed by atoms with Crippen molar-refractivity contribution in [2.75, 3.05) is 20.2 Å². The summed E-state index contributed by atoms with van der Waals surface area (Å²) >= 11 is 0. The molecule has 0 fully saturated rings. The minimum absolute atomic E-state index is 0.0253. The molecule has 0 aromatic heterocycles. The van der Waals surface area contributed by atoms with Crippen LogP contribution in [0.5, 0.6) is 11.5 Å². The molecule has 114 valence electrons. The van der Waals surface area contributed by atoms with E-state index in [-0.39, 0.29) is 5.75 Å². The van der Waals surface area contributed by atoms with Gasteiger partial charge in [0.1, 0.15) is 0 Å². The van der Waals surface area contributed by atoms with Gasteiger partial charge in [-0.2, -0.15) is 0 Å². The summed E-state index contributed by atoms with van der Waals surface area (Å²) in [6.45, 7) is 0.882. The Bertz CT molecular complexity index is 514. The fourth-order valence-electron chi connectivity index (χ4n) is 1.70. The van der Waals surface area contributed by atoms with E-state index >= 15 is 0 Å². The fourth-order valence-corrected chi connectivity index (χ4v) is 1.70. The van der Waals surface area contributed by atoms with Gasteiger partial charge in [-0.25, -0.2) is 0 Å². The Hall–Kier alpha value is -2.34. The van der Waals surface area contributed by atoms with Crippen LogP contribution in [0.2, 0.25) is 0 Å². The zero-order chi connectivity index (χ0) is 15.7. The van der Waals surface area contributed by atoms with Crippen LogP contribution < -0.4 is 10.5 Å². The molecule has 1 aromatic carbocycles. The first-order chi connectivity index (χ1) is 10.1. The predicted molar refractivity (Wildman–Crippen MR) is 79.8 cm³/mol. The zero-order valence-corrected chi connectivity index (χ0v) is 12.0. The van der Waals surface area contributed by atoms with Gasteiger partial charge in [-0.15, -0.1) is 0 Å². The Balaban J connectivity index is 2.69. The molecule has 0 aliphatic heterocycles. The molecule has 6 nitrogen and oxygen atoms in total. The number of phenolic OH excluding ortho intramolecular Hbond substituents is 1. The lowest BCUT2D eigenvalue weighted by Gasteiger charge is -2.12. The summed E-state index contributed by atoms with van der Waals surface area (Å²) in [4.78, 5) is 23.8. The Morgan fingerprint density at radius 3 is 2.81 bits per heavy atom. The molecular formula is C15H20N2O4. The third-order valence-electron chi connectivity index (χ3n) is 2.89. The molecule has 2 amide bonds. The molecule has 0 spiro atoms. The quantitative estimate of drug-likeness (QED) is 0.426. The lowest BCUT2D eigenvalue weighted by atomic mass is 10.2. The van der Waals surface area contributed by atoms with E-state index in [9.17, 15) is 14.7 Å². The molecule has 0 atom stereocenters. The van der Waals surface area contributed by atoms with Crippen LogP contribution in [0.3, 0.4) is 0 Å². The fraction of sp³-hybridized carbons (Fsp3) is 0.333. The minimum Gasteiger partial charge on any atom is -0.504 e. The number of aromatic hydroxyl groups is 1. The molecule has 0 radical (unpaired) electrons. The van der Waals surface area contributed by atoms with E-state index in [4.69, 9.17) is 10.5 Å². The van der Waals surface area contributed by atoms with E-state index in [2.05, 4.69) is 0 Å². The molecule has 1 rings (SSSR count). The van der Waals surface area contributed by atoms with Gasteiger partial charge in [0.2, 0.25) is 6.41 Å². The van der Waals surface area contributed by atoms with Gasteiger partial charge in [0.15, 0.2) is 11.5 Å². The summed E-state index contributed by atoms with van der Waals surface area (Å²) in [5, 5.41) is 9.48. The molecule has 6 heteroatoms. The summed E-state index contributed by atoms with van der Waals surface area (Å²) in [5.41, 5.74) is 6.05. The molecule has 0 saturated heterocycles. The van der Waals surface area contributed by atoms with Crippen LogP contribution in [0, 0.1) is 0 Å². The van der Waals surface area contributed by atoms with Crippen molar-refractivity contribution in [1.29, 1.82) is 0 Å². The molecule has 1 aromatic rings. The first-order valence-electron chi connectivity index (χ1n) is 6.63. The number of ether oxygens (including phenoxy) is 1. The summed E-state index contributed by atoms with van der Waals surface area (Å²) in [7, 11) is 1.44. The van der Waals surface area contributed by atoms with E-state index < -0.39 is 5.91 Å². The molecule has 0 heterocycles. The zero-order valence-electron chi connectivity index (χ0n) is 12.0. The second kappa shape index (κ2) is 8.76. The van der Waals surface area contributed by atoms with Crippen molar-refractivity contribution in [2.45, 2.75) is 12.8 Å². The number of methoxy groups -OCH3 is 1. The van der Waals surface area contributed by atoms with E-state index in [0.29, 0.717) is 37.2 Å². The van der Waals surface area contributed by atoms with Crippen LogP contribution in [-0.2, 0) is 9.59 Å². The van der Waals surface area contributed by atoms with Gasteiger partial charge in [-0.3, -0.25) is 14.5 Å². The maximum atomic E-state index is 11.9. The monoisotopic (exact) mass is 292 g/mol. The second-order valence-electron chi connectivity index (χ2n) is 4.40. The number of rotatable bonds is 8. The number of nitrogens with two attached hydrogens (primary N) is 1. The highest BCUT2D eigenvalue weighted by Crippen LogP contribution is 2.26. The second-order valence-corrected chi connectivity index (χ2v) is 4.40. The molecule has 0 unspecified atom stereocenters. The largest absolute Gasteiger partial charge is 0.504 e. The van der Waals surface area contributed by atoms with E-state index in [1.807, 2.05) is 0 Å². The van der Waals surface area contributed by atoms with Gasteiger partial charge >= 0.3 is 0 Å². The number of nitrogens with zero attached hydrogens (tertiary/aromatic N) is 1. The average molecular weight is 292 g/mol. The van der Waals surface area contributed by atoms with Crippen molar-refractivity contribution in [3.05, 3.63) is 29.8 Å². The van der Waals surface area contributed by atoms with Crippen LogP contribution in [-0.4, -0.2) is 42.5 Å². The van der Waals surface area contributed by atoms with Gasteiger partial charge in [0.25, 0.3) is 5.91 Å². The van der Waals surface area contributed by atoms with E-state index in [0.717, 1.165) is 11.3 Å². The molecule has 0 saturated carbocycles. The number of amides is 2. The number of hydrogen-bond donors (Lipinski definition) is 2. The number of imide groups is 1. The smallest absolute Gasteiger partial charge is 0.252 e. The number of unbranched alkanes of at least 4 members (excludes halogenated alkanes) is 1. The third-order valence-corrected chi connectivity index (χ3v) is 2.89. The van der Waals surface area contributed by atoms with Crippen molar-refractivity contribution in [3.63, 3.8) is 0 Å². The SMILES string of the molecule is COc1cc(/C=C/C(=O)N(C=O)CCCCN)ccc1O. The third kappa shape index (κ3) is 5.27. The molecule has 0 aliphatic carbocycles.